The number of thiophene rings is 1. The Bertz CT molecular complexity index is 699. The highest BCUT2D eigenvalue weighted by molar-refractivity contribution is 7.91. The van der Waals surface area contributed by atoms with E-state index in [0.29, 0.717) is 16.0 Å². The van der Waals surface area contributed by atoms with E-state index in [9.17, 15) is 13.2 Å². The van der Waals surface area contributed by atoms with Crippen LogP contribution in [0.4, 0.5) is 0 Å². The standard InChI is InChI=1S/C13H12O4S2/c1-17-13(14)12-11(9-6-4-3-5-7-9)10(8-18-12)19(2,15)16/h3-8H,1-2H3. The van der Waals surface area contributed by atoms with E-state index in [-0.39, 0.29) is 4.90 Å². The van der Waals surface area contributed by atoms with Crippen LogP contribution >= 0.6 is 11.3 Å². The summed E-state index contributed by atoms with van der Waals surface area (Å²) in [6.45, 7) is 0. The van der Waals surface area contributed by atoms with Crippen LogP contribution in [0, 0.1) is 0 Å². The molecule has 0 radical (unpaired) electrons. The minimum absolute atomic E-state index is 0.157. The molecule has 2 aromatic rings. The number of methoxy groups -OCH3 is 1. The molecule has 0 N–H and O–H groups in total. The van der Waals surface area contributed by atoms with Crippen molar-refractivity contribution >= 4 is 27.1 Å². The van der Waals surface area contributed by atoms with Gasteiger partial charge in [0.1, 0.15) is 4.88 Å². The number of benzene rings is 1. The maximum Gasteiger partial charge on any atom is 0.348 e. The molecule has 1 aromatic carbocycles. The summed E-state index contributed by atoms with van der Waals surface area (Å²) < 4.78 is 28.3. The average Bonchev–Trinajstić information content (AvgIpc) is 2.83. The fourth-order valence-electron chi connectivity index (χ4n) is 1.74. The van der Waals surface area contributed by atoms with E-state index in [1.54, 1.807) is 24.3 Å². The zero-order valence-electron chi connectivity index (χ0n) is 10.4. The first-order valence-corrected chi connectivity index (χ1v) is 8.17. The number of ether oxygens (including phenoxy) is 1. The lowest BCUT2D eigenvalue weighted by Gasteiger charge is -2.05. The monoisotopic (exact) mass is 296 g/mol. The minimum Gasteiger partial charge on any atom is -0.465 e. The molecule has 4 nitrogen and oxygen atoms in total. The van der Waals surface area contributed by atoms with Crippen LogP contribution in [0.5, 0.6) is 0 Å². The summed E-state index contributed by atoms with van der Waals surface area (Å²) in [5, 5.41) is 1.48. The summed E-state index contributed by atoms with van der Waals surface area (Å²) in [6, 6.07) is 8.94. The number of carbonyl (C=O) groups is 1. The Balaban J connectivity index is 2.74. The second-order valence-corrected chi connectivity index (χ2v) is 6.80. The van der Waals surface area contributed by atoms with Gasteiger partial charge in [0, 0.05) is 17.2 Å². The molecular weight excluding hydrogens is 284 g/mol. The van der Waals surface area contributed by atoms with Crippen LogP contribution in [-0.2, 0) is 14.6 Å². The van der Waals surface area contributed by atoms with Crippen molar-refractivity contribution in [2.45, 2.75) is 4.90 Å². The van der Waals surface area contributed by atoms with Gasteiger partial charge in [-0.05, 0) is 5.56 Å². The minimum atomic E-state index is -3.40. The summed E-state index contributed by atoms with van der Waals surface area (Å²) >= 11 is 1.08. The van der Waals surface area contributed by atoms with Crippen molar-refractivity contribution in [3.05, 3.63) is 40.6 Å². The molecule has 1 aromatic heterocycles. The molecule has 0 fully saturated rings. The summed E-state index contributed by atoms with van der Waals surface area (Å²) in [5.74, 6) is -0.529. The quantitative estimate of drug-likeness (QED) is 0.817. The average molecular weight is 296 g/mol. The lowest BCUT2D eigenvalue weighted by atomic mass is 10.1. The van der Waals surface area contributed by atoms with E-state index >= 15 is 0 Å². The predicted octanol–water partition coefficient (Wildman–Crippen LogP) is 2.61. The fourth-order valence-corrected chi connectivity index (χ4v) is 4.10. The molecular formula is C13H12O4S2. The highest BCUT2D eigenvalue weighted by Gasteiger charge is 2.24. The van der Waals surface area contributed by atoms with Crippen molar-refractivity contribution in [1.82, 2.24) is 0 Å². The van der Waals surface area contributed by atoms with Crippen molar-refractivity contribution in [3.63, 3.8) is 0 Å². The maximum absolute atomic E-state index is 11.8. The Morgan fingerprint density at radius 2 is 1.84 bits per heavy atom. The van der Waals surface area contributed by atoms with Crippen LogP contribution in [0.15, 0.2) is 40.6 Å². The SMILES string of the molecule is COC(=O)c1scc(S(C)(=O)=O)c1-c1ccccc1. The van der Waals surface area contributed by atoms with Gasteiger partial charge in [-0.3, -0.25) is 0 Å². The van der Waals surface area contributed by atoms with E-state index in [1.807, 2.05) is 6.07 Å². The maximum atomic E-state index is 11.8. The van der Waals surface area contributed by atoms with Crippen LogP contribution in [0.1, 0.15) is 9.67 Å². The highest BCUT2D eigenvalue weighted by atomic mass is 32.2. The van der Waals surface area contributed by atoms with Gasteiger partial charge in [0.05, 0.1) is 12.0 Å². The Hall–Kier alpha value is -1.66. The molecule has 0 saturated carbocycles. The Labute approximate surface area is 115 Å². The van der Waals surface area contributed by atoms with Crippen molar-refractivity contribution < 1.29 is 17.9 Å². The number of sulfone groups is 1. The number of hydrogen-bond donors (Lipinski definition) is 0. The number of esters is 1. The third-order valence-electron chi connectivity index (χ3n) is 2.59. The smallest absolute Gasteiger partial charge is 0.348 e. The summed E-state index contributed by atoms with van der Waals surface area (Å²) in [5.41, 5.74) is 1.10. The number of hydrogen-bond acceptors (Lipinski definition) is 5. The van der Waals surface area contributed by atoms with E-state index in [4.69, 9.17) is 4.74 Å². The largest absolute Gasteiger partial charge is 0.465 e. The predicted molar refractivity (Wildman–Crippen MR) is 74.2 cm³/mol. The van der Waals surface area contributed by atoms with Gasteiger partial charge < -0.3 is 4.74 Å². The van der Waals surface area contributed by atoms with Crippen molar-refractivity contribution in [3.8, 4) is 11.1 Å². The van der Waals surface area contributed by atoms with Crippen LogP contribution in [0.3, 0.4) is 0 Å². The lowest BCUT2D eigenvalue weighted by Crippen LogP contribution is -2.03. The zero-order chi connectivity index (χ0) is 14.0. The van der Waals surface area contributed by atoms with Crippen molar-refractivity contribution in [2.24, 2.45) is 0 Å². The highest BCUT2D eigenvalue weighted by Crippen LogP contribution is 2.36. The van der Waals surface area contributed by atoms with Gasteiger partial charge in [0.15, 0.2) is 9.84 Å². The third-order valence-corrected chi connectivity index (χ3v) is 4.82. The molecule has 1 heterocycles. The van der Waals surface area contributed by atoms with E-state index in [0.717, 1.165) is 17.6 Å². The van der Waals surface area contributed by atoms with Gasteiger partial charge in [-0.25, -0.2) is 13.2 Å². The number of carbonyl (C=O) groups excluding carboxylic acids is 1. The Kier molecular flexibility index (Phi) is 3.73. The number of rotatable bonds is 3. The molecule has 0 aliphatic rings. The van der Waals surface area contributed by atoms with Gasteiger partial charge in [-0.2, -0.15) is 0 Å². The molecule has 0 aliphatic carbocycles. The van der Waals surface area contributed by atoms with Crippen molar-refractivity contribution in [1.29, 1.82) is 0 Å². The van der Waals surface area contributed by atoms with Crippen LogP contribution in [-0.4, -0.2) is 27.8 Å². The zero-order valence-corrected chi connectivity index (χ0v) is 12.0. The molecule has 0 saturated heterocycles. The third kappa shape index (κ3) is 2.69. The second-order valence-electron chi connectivity index (χ2n) is 3.93. The first-order valence-electron chi connectivity index (χ1n) is 5.40. The van der Waals surface area contributed by atoms with Crippen LogP contribution < -0.4 is 0 Å². The molecule has 19 heavy (non-hydrogen) atoms. The first kappa shape index (κ1) is 13.8. The lowest BCUT2D eigenvalue weighted by molar-refractivity contribution is 0.0607. The summed E-state index contributed by atoms with van der Waals surface area (Å²) in [7, 11) is -2.13. The molecule has 0 bridgehead atoms. The molecule has 0 amide bonds. The van der Waals surface area contributed by atoms with Gasteiger partial charge in [0.2, 0.25) is 0 Å². The van der Waals surface area contributed by atoms with E-state index in [1.165, 1.54) is 12.5 Å². The second kappa shape index (κ2) is 5.14. The molecule has 0 aliphatic heterocycles. The topological polar surface area (TPSA) is 60.4 Å². The Morgan fingerprint density at radius 3 is 2.37 bits per heavy atom. The first-order chi connectivity index (χ1) is 8.95. The van der Waals surface area contributed by atoms with Crippen LogP contribution in [0.2, 0.25) is 0 Å². The van der Waals surface area contributed by atoms with Gasteiger partial charge in [-0.15, -0.1) is 11.3 Å². The normalized spacial score (nSPS) is 11.3. The van der Waals surface area contributed by atoms with Gasteiger partial charge in [0.25, 0.3) is 0 Å². The van der Waals surface area contributed by atoms with Crippen LogP contribution in [0.25, 0.3) is 11.1 Å². The van der Waals surface area contributed by atoms with Crippen molar-refractivity contribution in [2.75, 3.05) is 13.4 Å². The molecule has 2 rings (SSSR count). The molecule has 0 unspecified atom stereocenters. The van der Waals surface area contributed by atoms with Gasteiger partial charge >= 0.3 is 5.97 Å². The van der Waals surface area contributed by atoms with E-state index in [2.05, 4.69) is 0 Å². The fraction of sp³-hybridized carbons (Fsp3) is 0.154. The summed E-state index contributed by atoms with van der Waals surface area (Å²) in [4.78, 5) is 12.2. The van der Waals surface area contributed by atoms with Gasteiger partial charge in [-0.1, -0.05) is 30.3 Å². The Morgan fingerprint density at radius 1 is 1.21 bits per heavy atom. The molecule has 100 valence electrons. The molecule has 0 spiro atoms. The summed E-state index contributed by atoms with van der Waals surface area (Å²) in [6.07, 6.45) is 1.13. The van der Waals surface area contributed by atoms with E-state index < -0.39 is 15.8 Å². The molecule has 6 heteroatoms. The molecule has 0 atom stereocenters.